The van der Waals surface area contributed by atoms with Crippen LogP contribution in [0.25, 0.3) is 5.57 Å². The van der Waals surface area contributed by atoms with Gasteiger partial charge in [-0.3, -0.25) is 0 Å². The van der Waals surface area contributed by atoms with Crippen molar-refractivity contribution in [2.75, 3.05) is 19.0 Å². The highest BCUT2D eigenvalue weighted by Crippen LogP contribution is 2.28. The molecular weight excluding hydrogens is 302 g/mol. The van der Waals surface area contributed by atoms with E-state index in [-0.39, 0.29) is 0 Å². The minimum atomic E-state index is 0.703. The van der Waals surface area contributed by atoms with Crippen molar-refractivity contribution in [2.24, 2.45) is 0 Å². The lowest BCUT2D eigenvalue weighted by Crippen LogP contribution is -2.03. The van der Waals surface area contributed by atoms with E-state index in [9.17, 15) is 0 Å². The maximum Gasteiger partial charge on any atom is 0.135 e. The van der Waals surface area contributed by atoms with E-state index in [1.54, 1.807) is 7.11 Å². The molecule has 2 aromatic rings. The van der Waals surface area contributed by atoms with Crippen LogP contribution >= 0.6 is 15.9 Å². The fourth-order valence-electron chi connectivity index (χ4n) is 1.75. The number of anilines is 1. The van der Waals surface area contributed by atoms with Crippen molar-refractivity contribution >= 4 is 27.2 Å². The first kappa shape index (κ1) is 13.7. The number of hydrogen-bond donors (Lipinski definition) is 1. The van der Waals surface area contributed by atoms with Gasteiger partial charge in [-0.05, 0) is 39.2 Å². The highest BCUT2D eigenvalue weighted by molar-refractivity contribution is 9.10. The molecule has 98 valence electrons. The zero-order chi connectivity index (χ0) is 13.7. The van der Waals surface area contributed by atoms with E-state index in [0.717, 1.165) is 27.0 Å². The number of benzene rings is 2. The van der Waals surface area contributed by atoms with Gasteiger partial charge in [0.15, 0.2) is 0 Å². The molecule has 2 rings (SSSR count). The summed E-state index contributed by atoms with van der Waals surface area (Å²) in [6.07, 6.45) is 0. The van der Waals surface area contributed by atoms with Crippen LogP contribution in [0, 0.1) is 0 Å². The van der Waals surface area contributed by atoms with Crippen molar-refractivity contribution in [2.45, 2.75) is 0 Å². The van der Waals surface area contributed by atoms with Crippen LogP contribution in [0.5, 0.6) is 5.75 Å². The van der Waals surface area contributed by atoms with Gasteiger partial charge in [-0.25, -0.2) is 0 Å². The van der Waals surface area contributed by atoms with E-state index < -0.39 is 0 Å². The van der Waals surface area contributed by atoms with Crippen molar-refractivity contribution in [3.63, 3.8) is 0 Å². The molecule has 1 N–H and O–H groups in total. The summed E-state index contributed by atoms with van der Waals surface area (Å²) in [4.78, 5) is 0. The van der Waals surface area contributed by atoms with Crippen molar-refractivity contribution in [3.05, 3.63) is 65.1 Å². The molecule has 0 atom stereocenters. The van der Waals surface area contributed by atoms with E-state index in [1.165, 1.54) is 0 Å². The standard InChI is InChI=1S/C16H16BrNO/c1-12(13-6-4-3-5-7-13)11-18-14-8-9-15(17)16(10-14)19-2/h3-10,18H,1,11H2,2H3. The van der Waals surface area contributed by atoms with Crippen molar-refractivity contribution in [1.29, 1.82) is 0 Å². The minimum absolute atomic E-state index is 0.703. The lowest BCUT2D eigenvalue weighted by molar-refractivity contribution is 0.412. The Morgan fingerprint density at radius 1 is 1.21 bits per heavy atom. The highest BCUT2D eigenvalue weighted by atomic mass is 79.9. The van der Waals surface area contributed by atoms with Gasteiger partial charge in [0, 0.05) is 18.3 Å². The molecule has 0 aliphatic heterocycles. The van der Waals surface area contributed by atoms with Gasteiger partial charge in [-0.1, -0.05) is 36.9 Å². The van der Waals surface area contributed by atoms with Crippen molar-refractivity contribution in [1.82, 2.24) is 0 Å². The van der Waals surface area contributed by atoms with E-state index in [4.69, 9.17) is 4.74 Å². The predicted octanol–water partition coefficient (Wildman–Crippen LogP) is 4.58. The Morgan fingerprint density at radius 2 is 1.95 bits per heavy atom. The van der Waals surface area contributed by atoms with Crippen LogP contribution in [-0.2, 0) is 0 Å². The molecule has 0 heterocycles. The summed E-state index contributed by atoms with van der Waals surface area (Å²) in [6.45, 7) is 4.80. The van der Waals surface area contributed by atoms with E-state index in [1.807, 2.05) is 36.4 Å². The zero-order valence-electron chi connectivity index (χ0n) is 10.8. The topological polar surface area (TPSA) is 21.3 Å². The van der Waals surface area contributed by atoms with Gasteiger partial charge in [0.1, 0.15) is 5.75 Å². The molecule has 0 aromatic heterocycles. The second kappa shape index (κ2) is 6.43. The minimum Gasteiger partial charge on any atom is -0.495 e. The molecule has 2 aromatic carbocycles. The Hall–Kier alpha value is -1.74. The van der Waals surface area contributed by atoms with Crippen molar-refractivity contribution in [3.8, 4) is 5.75 Å². The highest BCUT2D eigenvalue weighted by Gasteiger charge is 2.02. The van der Waals surface area contributed by atoms with Gasteiger partial charge in [0.2, 0.25) is 0 Å². The molecule has 0 amide bonds. The van der Waals surface area contributed by atoms with Crippen LogP contribution in [0.2, 0.25) is 0 Å². The Labute approximate surface area is 122 Å². The molecule has 0 aliphatic carbocycles. The lowest BCUT2D eigenvalue weighted by atomic mass is 10.1. The third-order valence-corrected chi connectivity index (χ3v) is 3.49. The Balaban J connectivity index is 2.01. The van der Waals surface area contributed by atoms with Gasteiger partial charge in [-0.2, -0.15) is 0 Å². The molecule has 0 spiro atoms. The first-order valence-corrected chi connectivity index (χ1v) is 6.80. The van der Waals surface area contributed by atoms with Gasteiger partial charge in [0.25, 0.3) is 0 Å². The maximum absolute atomic E-state index is 5.27. The molecule has 0 radical (unpaired) electrons. The van der Waals surface area contributed by atoms with Crippen LogP contribution in [0.15, 0.2) is 59.6 Å². The average Bonchev–Trinajstić information content (AvgIpc) is 2.47. The number of methoxy groups -OCH3 is 1. The largest absolute Gasteiger partial charge is 0.495 e. The zero-order valence-corrected chi connectivity index (χ0v) is 12.4. The molecule has 0 fully saturated rings. The quantitative estimate of drug-likeness (QED) is 0.871. The molecule has 0 unspecified atom stereocenters. The molecule has 0 saturated heterocycles. The Morgan fingerprint density at radius 3 is 2.63 bits per heavy atom. The Kier molecular flexibility index (Phi) is 4.63. The summed E-state index contributed by atoms with van der Waals surface area (Å²) in [6, 6.07) is 16.1. The first-order valence-electron chi connectivity index (χ1n) is 6.01. The normalized spacial score (nSPS) is 10.0. The lowest BCUT2D eigenvalue weighted by Gasteiger charge is -2.11. The Bertz CT molecular complexity index is 566. The van der Waals surface area contributed by atoms with Crippen LogP contribution < -0.4 is 10.1 Å². The van der Waals surface area contributed by atoms with Gasteiger partial charge in [0.05, 0.1) is 11.6 Å². The van der Waals surface area contributed by atoms with Gasteiger partial charge >= 0.3 is 0 Å². The van der Waals surface area contributed by atoms with Gasteiger partial charge < -0.3 is 10.1 Å². The van der Waals surface area contributed by atoms with Gasteiger partial charge in [-0.15, -0.1) is 0 Å². The average molecular weight is 318 g/mol. The second-order valence-corrected chi connectivity index (χ2v) is 5.03. The second-order valence-electron chi connectivity index (χ2n) is 4.17. The van der Waals surface area contributed by atoms with E-state index in [2.05, 4.69) is 40.0 Å². The summed E-state index contributed by atoms with van der Waals surface area (Å²) in [5.41, 5.74) is 3.22. The molecule has 0 aliphatic rings. The number of ether oxygens (including phenoxy) is 1. The SMILES string of the molecule is C=C(CNc1ccc(Br)c(OC)c1)c1ccccc1. The van der Waals surface area contributed by atoms with E-state index in [0.29, 0.717) is 6.54 Å². The predicted molar refractivity (Wildman–Crippen MR) is 84.7 cm³/mol. The smallest absolute Gasteiger partial charge is 0.135 e. The van der Waals surface area contributed by atoms with Crippen LogP contribution in [0.3, 0.4) is 0 Å². The number of halogens is 1. The summed E-state index contributed by atoms with van der Waals surface area (Å²) >= 11 is 3.44. The fraction of sp³-hybridized carbons (Fsp3) is 0.125. The van der Waals surface area contributed by atoms with Crippen LogP contribution in [0.1, 0.15) is 5.56 Å². The third-order valence-electron chi connectivity index (χ3n) is 2.84. The number of nitrogens with one attached hydrogen (secondary N) is 1. The fourth-order valence-corrected chi connectivity index (χ4v) is 2.16. The van der Waals surface area contributed by atoms with E-state index >= 15 is 0 Å². The summed E-state index contributed by atoms with van der Waals surface area (Å²) in [5.74, 6) is 0.815. The molecule has 0 bridgehead atoms. The first-order chi connectivity index (χ1) is 9.20. The summed E-state index contributed by atoms with van der Waals surface area (Å²) < 4.78 is 6.21. The molecule has 19 heavy (non-hydrogen) atoms. The van der Waals surface area contributed by atoms with Crippen LogP contribution in [0.4, 0.5) is 5.69 Å². The third kappa shape index (κ3) is 3.61. The number of rotatable bonds is 5. The molecule has 0 saturated carbocycles. The molecule has 3 heteroatoms. The molecule has 2 nitrogen and oxygen atoms in total. The maximum atomic E-state index is 5.27. The molecular formula is C16H16BrNO. The van der Waals surface area contributed by atoms with Crippen molar-refractivity contribution < 1.29 is 4.74 Å². The monoisotopic (exact) mass is 317 g/mol. The van der Waals surface area contributed by atoms with Crippen LogP contribution in [-0.4, -0.2) is 13.7 Å². The number of hydrogen-bond acceptors (Lipinski definition) is 2. The summed E-state index contributed by atoms with van der Waals surface area (Å²) in [7, 11) is 1.66. The summed E-state index contributed by atoms with van der Waals surface area (Å²) in [5, 5.41) is 3.34.